The van der Waals surface area contributed by atoms with Crippen LogP contribution in [0.3, 0.4) is 0 Å². The second-order valence-corrected chi connectivity index (χ2v) is 7.61. The van der Waals surface area contributed by atoms with Crippen molar-refractivity contribution in [1.29, 1.82) is 0 Å². The molecule has 0 saturated heterocycles. The molecule has 3 rings (SSSR count). The lowest BCUT2D eigenvalue weighted by Gasteiger charge is -2.15. The topological polar surface area (TPSA) is 92.3 Å². The molecule has 3 aromatic rings. The van der Waals surface area contributed by atoms with Gasteiger partial charge in [0, 0.05) is 17.7 Å². The highest BCUT2D eigenvalue weighted by Crippen LogP contribution is 2.33. The number of benzene rings is 3. The molecule has 0 radical (unpaired) electrons. The standard InChI is InChI=1S/C27H29NO7/c1-31-20-9-7-19(8-10-20)28-27(30)15-18-14-25(34-4)26(35-5)16-21(18)22(29)12-17-6-11-23(32-2)24(13-17)33-3/h6-11,13-14,16H,12,15H2,1-5H3,(H,28,30). The Hall–Kier alpha value is -4.20. The van der Waals surface area contributed by atoms with E-state index >= 15 is 0 Å². The van der Waals surface area contributed by atoms with Crippen molar-refractivity contribution in [3.63, 3.8) is 0 Å². The fraction of sp³-hybridized carbons (Fsp3) is 0.259. The number of Topliss-reactive ketones (excluding diaryl/α,β-unsaturated/α-hetero) is 1. The van der Waals surface area contributed by atoms with Crippen LogP contribution in [-0.4, -0.2) is 47.2 Å². The fourth-order valence-corrected chi connectivity index (χ4v) is 3.65. The van der Waals surface area contributed by atoms with Crippen molar-refractivity contribution in [2.24, 2.45) is 0 Å². The minimum atomic E-state index is -0.275. The molecule has 0 spiro atoms. The quantitative estimate of drug-likeness (QED) is 0.409. The van der Waals surface area contributed by atoms with Crippen molar-refractivity contribution >= 4 is 17.4 Å². The largest absolute Gasteiger partial charge is 0.497 e. The summed E-state index contributed by atoms with van der Waals surface area (Å²) < 4.78 is 26.6. The minimum Gasteiger partial charge on any atom is -0.497 e. The van der Waals surface area contributed by atoms with Gasteiger partial charge >= 0.3 is 0 Å². The van der Waals surface area contributed by atoms with Gasteiger partial charge in [0.15, 0.2) is 28.8 Å². The monoisotopic (exact) mass is 479 g/mol. The Balaban J connectivity index is 1.88. The number of carbonyl (C=O) groups excluding carboxylic acids is 2. The van der Waals surface area contributed by atoms with E-state index < -0.39 is 0 Å². The summed E-state index contributed by atoms with van der Waals surface area (Å²) in [6.45, 7) is 0. The van der Waals surface area contributed by atoms with Gasteiger partial charge in [0.25, 0.3) is 0 Å². The fourth-order valence-electron chi connectivity index (χ4n) is 3.65. The smallest absolute Gasteiger partial charge is 0.228 e. The van der Waals surface area contributed by atoms with Crippen LogP contribution in [-0.2, 0) is 17.6 Å². The summed E-state index contributed by atoms with van der Waals surface area (Å²) >= 11 is 0. The van der Waals surface area contributed by atoms with Gasteiger partial charge in [-0.05, 0) is 59.7 Å². The van der Waals surface area contributed by atoms with E-state index in [1.54, 1.807) is 68.8 Å². The molecule has 1 N–H and O–H groups in total. The average Bonchev–Trinajstić information content (AvgIpc) is 2.88. The summed E-state index contributed by atoms with van der Waals surface area (Å²) in [6.07, 6.45) is 0.0718. The molecular weight excluding hydrogens is 450 g/mol. The molecule has 0 bridgehead atoms. The van der Waals surface area contributed by atoms with E-state index in [-0.39, 0.29) is 24.5 Å². The normalized spacial score (nSPS) is 10.3. The third-order valence-electron chi connectivity index (χ3n) is 5.45. The van der Waals surface area contributed by atoms with E-state index in [4.69, 9.17) is 23.7 Å². The van der Waals surface area contributed by atoms with Crippen LogP contribution in [0.4, 0.5) is 5.69 Å². The maximum atomic E-state index is 13.4. The van der Waals surface area contributed by atoms with E-state index in [9.17, 15) is 9.59 Å². The lowest BCUT2D eigenvalue weighted by atomic mass is 9.95. The Bertz CT molecular complexity index is 1190. The predicted molar refractivity (Wildman–Crippen MR) is 132 cm³/mol. The number of hydrogen-bond acceptors (Lipinski definition) is 7. The maximum absolute atomic E-state index is 13.4. The van der Waals surface area contributed by atoms with Crippen molar-refractivity contribution in [3.8, 4) is 28.7 Å². The van der Waals surface area contributed by atoms with Crippen LogP contribution in [0.2, 0.25) is 0 Å². The third-order valence-corrected chi connectivity index (χ3v) is 5.45. The zero-order valence-corrected chi connectivity index (χ0v) is 20.5. The van der Waals surface area contributed by atoms with Crippen LogP contribution < -0.4 is 29.0 Å². The Morgan fingerprint density at radius 3 is 1.86 bits per heavy atom. The number of amides is 1. The molecule has 0 aromatic heterocycles. The highest BCUT2D eigenvalue weighted by molar-refractivity contribution is 6.02. The van der Waals surface area contributed by atoms with Crippen LogP contribution in [0.1, 0.15) is 21.5 Å². The summed E-state index contributed by atoms with van der Waals surface area (Å²) in [6, 6.07) is 15.6. The van der Waals surface area contributed by atoms with Crippen molar-refractivity contribution in [3.05, 3.63) is 71.3 Å². The SMILES string of the molecule is COc1ccc(NC(=O)Cc2cc(OC)c(OC)cc2C(=O)Cc2ccc(OC)c(OC)c2)cc1. The lowest BCUT2D eigenvalue weighted by molar-refractivity contribution is -0.115. The molecule has 0 aliphatic carbocycles. The molecule has 0 fully saturated rings. The predicted octanol–water partition coefficient (Wildman–Crippen LogP) is 4.34. The van der Waals surface area contributed by atoms with Crippen LogP contribution in [0.25, 0.3) is 0 Å². The molecule has 0 unspecified atom stereocenters. The molecule has 0 aliphatic heterocycles. The van der Waals surface area contributed by atoms with E-state index in [0.717, 1.165) is 5.56 Å². The highest BCUT2D eigenvalue weighted by atomic mass is 16.5. The first-order valence-electron chi connectivity index (χ1n) is 10.8. The summed E-state index contributed by atoms with van der Waals surface area (Å²) in [7, 11) is 7.67. The molecule has 184 valence electrons. The van der Waals surface area contributed by atoms with E-state index in [2.05, 4.69) is 5.32 Å². The Morgan fingerprint density at radius 2 is 1.26 bits per heavy atom. The first kappa shape index (κ1) is 25.4. The van der Waals surface area contributed by atoms with E-state index in [1.807, 2.05) is 0 Å². The number of ether oxygens (including phenoxy) is 5. The first-order valence-corrected chi connectivity index (χ1v) is 10.8. The van der Waals surface area contributed by atoms with Gasteiger partial charge in [0.2, 0.25) is 5.91 Å². The summed E-state index contributed by atoms with van der Waals surface area (Å²) in [4.78, 5) is 26.2. The molecule has 0 saturated carbocycles. The van der Waals surface area contributed by atoms with Gasteiger partial charge < -0.3 is 29.0 Å². The highest BCUT2D eigenvalue weighted by Gasteiger charge is 2.20. The molecule has 0 heterocycles. The third kappa shape index (κ3) is 6.23. The van der Waals surface area contributed by atoms with Crippen LogP contribution >= 0.6 is 0 Å². The summed E-state index contributed by atoms with van der Waals surface area (Å²) in [5, 5.41) is 2.84. The summed E-state index contributed by atoms with van der Waals surface area (Å²) in [5.74, 6) is 2.18. The van der Waals surface area contributed by atoms with Crippen LogP contribution in [0.15, 0.2) is 54.6 Å². The van der Waals surface area contributed by atoms with Gasteiger partial charge in [0.1, 0.15) is 5.75 Å². The van der Waals surface area contributed by atoms with Gasteiger partial charge in [-0.3, -0.25) is 9.59 Å². The Kier molecular flexibility index (Phi) is 8.56. The first-order chi connectivity index (χ1) is 16.9. The zero-order valence-electron chi connectivity index (χ0n) is 20.5. The second-order valence-electron chi connectivity index (χ2n) is 7.61. The second kappa shape index (κ2) is 11.8. The number of carbonyl (C=O) groups is 2. The summed E-state index contributed by atoms with van der Waals surface area (Å²) in [5.41, 5.74) is 2.27. The Labute approximate surface area is 204 Å². The number of anilines is 1. The van der Waals surface area contributed by atoms with Crippen molar-refractivity contribution < 1.29 is 33.3 Å². The van der Waals surface area contributed by atoms with Gasteiger partial charge in [0.05, 0.1) is 42.0 Å². The average molecular weight is 480 g/mol. The zero-order chi connectivity index (χ0) is 25.4. The van der Waals surface area contributed by atoms with Gasteiger partial charge in [-0.25, -0.2) is 0 Å². The van der Waals surface area contributed by atoms with Crippen molar-refractivity contribution in [1.82, 2.24) is 0 Å². The molecule has 3 aromatic carbocycles. The number of methoxy groups -OCH3 is 5. The molecule has 8 nitrogen and oxygen atoms in total. The maximum Gasteiger partial charge on any atom is 0.228 e. The van der Waals surface area contributed by atoms with Gasteiger partial charge in [-0.15, -0.1) is 0 Å². The molecule has 35 heavy (non-hydrogen) atoms. The van der Waals surface area contributed by atoms with E-state index in [0.29, 0.717) is 45.6 Å². The Morgan fingerprint density at radius 1 is 0.657 bits per heavy atom. The number of hydrogen-bond donors (Lipinski definition) is 1. The van der Waals surface area contributed by atoms with Gasteiger partial charge in [-0.2, -0.15) is 0 Å². The van der Waals surface area contributed by atoms with E-state index in [1.165, 1.54) is 21.3 Å². The molecule has 8 heteroatoms. The molecular formula is C27H29NO7. The molecule has 0 aliphatic rings. The van der Waals surface area contributed by atoms with Crippen molar-refractivity contribution in [2.75, 3.05) is 40.9 Å². The van der Waals surface area contributed by atoms with Crippen LogP contribution in [0, 0.1) is 0 Å². The molecule has 1 amide bonds. The van der Waals surface area contributed by atoms with Crippen molar-refractivity contribution in [2.45, 2.75) is 12.8 Å². The minimum absolute atomic E-state index is 0.0284. The number of nitrogens with one attached hydrogen (secondary N) is 1. The molecule has 0 atom stereocenters. The lowest BCUT2D eigenvalue weighted by Crippen LogP contribution is -2.17. The number of rotatable bonds is 11. The van der Waals surface area contributed by atoms with Crippen LogP contribution in [0.5, 0.6) is 28.7 Å². The number of ketones is 1. The van der Waals surface area contributed by atoms with Gasteiger partial charge in [-0.1, -0.05) is 6.07 Å².